The molecule has 140 valence electrons. The third kappa shape index (κ3) is 5.83. The van der Waals surface area contributed by atoms with Crippen LogP contribution in [0.1, 0.15) is 29.9 Å². The molecule has 2 aromatic carbocycles. The van der Waals surface area contributed by atoms with E-state index in [1.165, 1.54) is 12.1 Å². The van der Waals surface area contributed by atoms with Crippen molar-refractivity contribution in [1.82, 2.24) is 0 Å². The topological polar surface area (TPSA) is 70.0 Å². The monoisotopic (exact) mass is 394 g/mol. The van der Waals surface area contributed by atoms with Gasteiger partial charge in [-0.3, -0.25) is 9.59 Å². The number of nitrogens with zero attached hydrogens (tertiary/aromatic N) is 1. The third-order valence-corrected chi connectivity index (χ3v) is 3.98. The molecule has 0 aliphatic carbocycles. The maximum absolute atomic E-state index is 12.7. The maximum atomic E-state index is 12.7. The van der Waals surface area contributed by atoms with Crippen molar-refractivity contribution < 1.29 is 22.8 Å². The second kappa shape index (κ2) is 8.69. The van der Waals surface area contributed by atoms with Crippen LogP contribution in [0.4, 0.5) is 18.9 Å². The number of ketones is 1. The van der Waals surface area contributed by atoms with E-state index in [1.54, 1.807) is 24.3 Å². The molecule has 0 unspecified atom stereocenters. The summed E-state index contributed by atoms with van der Waals surface area (Å²) in [4.78, 5) is 24.1. The lowest BCUT2D eigenvalue weighted by Crippen LogP contribution is -2.17. The van der Waals surface area contributed by atoms with Crippen LogP contribution < -0.4 is 5.32 Å². The summed E-state index contributed by atoms with van der Waals surface area (Å²) in [6, 6.07) is 12.3. The highest BCUT2D eigenvalue weighted by Crippen LogP contribution is 2.30. The zero-order chi connectivity index (χ0) is 20.0. The summed E-state index contributed by atoms with van der Waals surface area (Å²) in [6.07, 6.45) is -4.98. The van der Waals surface area contributed by atoms with E-state index < -0.39 is 29.3 Å². The van der Waals surface area contributed by atoms with Gasteiger partial charge in [0, 0.05) is 23.6 Å². The molecule has 0 saturated carbocycles. The summed E-state index contributed by atoms with van der Waals surface area (Å²) in [6.45, 7) is 0. The van der Waals surface area contributed by atoms with Crippen molar-refractivity contribution in [2.24, 2.45) is 0 Å². The third-order valence-electron chi connectivity index (χ3n) is 3.73. The van der Waals surface area contributed by atoms with Crippen LogP contribution >= 0.6 is 11.6 Å². The SMILES string of the molecule is N#C[C@@H](C(=O)CCC(=O)Nc1cccc(C(F)(F)F)c1)c1ccc(Cl)cc1. The zero-order valence-electron chi connectivity index (χ0n) is 13.9. The van der Waals surface area contributed by atoms with E-state index in [9.17, 15) is 28.0 Å². The molecule has 0 bridgehead atoms. The minimum Gasteiger partial charge on any atom is -0.326 e. The second-order valence-corrected chi connectivity index (χ2v) is 6.14. The average molecular weight is 395 g/mol. The zero-order valence-corrected chi connectivity index (χ0v) is 14.6. The Bertz CT molecular complexity index is 874. The summed E-state index contributed by atoms with van der Waals surface area (Å²) in [5.74, 6) is -2.11. The van der Waals surface area contributed by atoms with Gasteiger partial charge in [0.05, 0.1) is 11.6 Å². The molecule has 0 fully saturated rings. The lowest BCUT2D eigenvalue weighted by Gasteiger charge is -2.11. The van der Waals surface area contributed by atoms with E-state index in [-0.39, 0.29) is 18.5 Å². The Morgan fingerprint density at radius 1 is 1.11 bits per heavy atom. The van der Waals surface area contributed by atoms with Crippen molar-refractivity contribution in [3.05, 3.63) is 64.7 Å². The van der Waals surface area contributed by atoms with Crippen molar-refractivity contribution in [1.29, 1.82) is 5.26 Å². The number of anilines is 1. The molecule has 4 nitrogen and oxygen atoms in total. The van der Waals surface area contributed by atoms with Gasteiger partial charge in [0.1, 0.15) is 5.92 Å². The highest BCUT2D eigenvalue weighted by Gasteiger charge is 2.30. The molecule has 27 heavy (non-hydrogen) atoms. The molecule has 2 aromatic rings. The van der Waals surface area contributed by atoms with Crippen LogP contribution in [0.2, 0.25) is 5.02 Å². The smallest absolute Gasteiger partial charge is 0.326 e. The molecule has 0 aliphatic heterocycles. The van der Waals surface area contributed by atoms with Crippen LogP contribution in [0.25, 0.3) is 0 Å². The van der Waals surface area contributed by atoms with Crippen molar-refractivity contribution >= 4 is 29.0 Å². The van der Waals surface area contributed by atoms with Gasteiger partial charge < -0.3 is 5.32 Å². The van der Waals surface area contributed by atoms with Gasteiger partial charge in [0.15, 0.2) is 5.78 Å². The quantitative estimate of drug-likeness (QED) is 0.753. The first-order valence-electron chi connectivity index (χ1n) is 7.85. The number of carbonyl (C=O) groups is 2. The number of Topliss-reactive ketones (excluding diaryl/α,β-unsaturated/α-hetero) is 1. The highest BCUT2D eigenvalue weighted by atomic mass is 35.5. The van der Waals surface area contributed by atoms with E-state index in [0.717, 1.165) is 12.1 Å². The van der Waals surface area contributed by atoms with Gasteiger partial charge in [0.2, 0.25) is 5.91 Å². The second-order valence-electron chi connectivity index (χ2n) is 5.71. The van der Waals surface area contributed by atoms with Crippen LogP contribution in [0.15, 0.2) is 48.5 Å². The number of alkyl halides is 3. The molecule has 0 spiro atoms. The van der Waals surface area contributed by atoms with Crippen LogP contribution in [0.5, 0.6) is 0 Å². The molecule has 0 aromatic heterocycles. The predicted molar refractivity (Wildman–Crippen MR) is 94.1 cm³/mol. The van der Waals surface area contributed by atoms with Gasteiger partial charge in [-0.25, -0.2) is 0 Å². The van der Waals surface area contributed by atoms with Gasteiger partial charge >= 0.3 is 6.18 Å². The summed E-state index contributed by atoms with van der Waals surface area (Å²) in [5, 5.41) is 12.0. The fourth-order valence-corrected chi connectivity index (χ4v) is 2.49. The number of nitrogens with one attached hydrogen (secondary N) is 1. The Morgan fingerprint density at radius 2 is 1.78 bits per heavy atom. The van der Waals surface area contributed by atoms with Gasteiger partial charge in [0.25, 0.3) is 0 Å². The lowest BCUT2D eigenvalue weighted by molar-refractivity contribution is -0.137. The molecular weight excluding hydrogens is 381 g/mol. The van der Waals surface area contributed by atoms with E-state index in [0.29, 0.717) is 10.6 Å². The van der Waals surface area contributed by atoms with Gasteiger partial charge in [-0.2, -0.15) is 18.4 Å². The number of nitriles is 1. The standard InChI is InChI=1S/C19H14ClF3N2O2/c20-14-6-4-12(5-7-14)16(11-24)17(26)8-9-18(27)25-15-3-1-2-13(10-15)19(21,22)23/h1-7,10,16H,8-9H2,(H,25,27)/t16-/m1/s1. The predicted octanol–water partition coefficient (Wildman–Crippen LogP) is 4.95. The average Bonchev–Trinajstić information content (AvgIpc) is 2.62. The van der Waals surface area contributed by atoms with Crippen LogP contribution in [0.3, 0.4) is 0 Å². The minimum atomic E-state index is -4.52. The van der Waals surface area contributed by atoms with Crippen molar-refractivity contribution in [2.75, 3.05) is 5.32 Å². The molecule has 0 radical (unpaired) electrons. The maximum Gasteiger partial charge on any atom is 0.416 e. The van der Waals surface area contributed by atoms with Crippen molar-refractivity contribution in [3.8, 4) is 6.07 Å². The molecule has 1 amide bonds. The fourth-order valence-electron chi connectivity index (χ4n) is 2.37. The first-order valence-corrected chi connectivity index (χ1v) is 8.23. The molecule has 1 atom stereocenters. The van der Waals surface area contributed by atoms with Crippen molar-refractivity contribution in [2.45, 2.75) is 24.9 Å². The molecule has 2 rings (SSSR count). The van der Waals surface area contributed by atoms with E-state index in [4.69, 9.17) is 11.6 Å². The van der Waals surface area contributed by atoms with Gasteiger partial charge in [-0.05, 0) is 35.9 Å². The Labute approximate surface area is 158 Å². The first kappa shape index (κ1) is 20.5. The van der Waals surface area contributed by atoms with Gasteiger partial charge in [-0.1, -0.05) is 29.8 Å². The largest absolute Gasteiger partial charge is 0.416 e. The van der Waals surface area contributed by atoms with Crippen molar-refractivity contribution in [3.63, 3.8) is 0 Å². The number of carbonyl (C=O) groups excluding carboxylic acids is 2. The Morgan fingerprint density at radius 3 is 2.37 bits per heavy atom. The fraction of sp³-hybridized carbons (Fsp3) is 0.211. The summed E-state index contributed by atoms with van der Waals surface area (Å²) in [5.41, 5.74) is -0.439. The molecule has 0 saturated heterocycles. The number of halogens is 4. The van der Waals surface area contributed by atoms with E-state index >= 15 is 0 Å². The number of amides is 1. The minimum absolute atomic E-state index is 0.0168. The molecular formula is C19H14ClF3N2O2. The normalized spacial score (nSPS) is 12.1. The molecule has 0 aliphatic rings. The summed E-state index contributed by atoms with van der Waals surface area (Å²) < 4.78 is 38.0. The summed E-state index contributed by atoms with van der Waals surface area (Å²) in [7, 11) is 0. The number of hydrogen-bond donors (Lipinski definition) is 1. The number of benzene rings is 2. The van der Waals surface area contributed by atoms with E-state index in [2.05, 4.69) is 5.32 Å². The Balaban J connectivity index is 1.96. The van der Waals surface area contributed by atoms with Gasteiger partial charge in [-0.15, -0.1) is 0 Å². The van der Waals surface area contributed by atoms with E-state index in [1.807, 2.05) is 6.07 Å². The van der Waals surface area contributed by atoms with Crippen LogP contribution in [0, 0.1) is 11.3 Å². The van der Waals surface area contributed by atoms with Crippen LogP contribution in [-0.2, 0) is 15.8 Å². The van der Waals surface area contributed by atoms with Crippen LogP contribution in [-0.4, -0.2) is 11.7 Å². The molecule has 0 heterocycles. The summed E-state index contributed by atoms with van der Waals surface area (Å²) >= 11 is 5.77. The molecule has 8 heteroatoms. The first-order chi connectivity index (χ1) is 12.7. The lowest BCUT2D eigenvalue weighted by atomic mass is 9.93. The number of hydrogen-bond acceptors (Lipinski definition) is 3. The highest BCUT2D eigenvalue weighted by molar-refractivity contribution is 6.30. The molecule has 1 N–H and O–H groups in total. The number of rotatable bonds is 6. The Kier molecular flexibility index (Phi) is 6.59. The Hall–Kier alpha value is -2.85.